The highest BCUT2D eigenvalue weighted by Gasteiger charge is 2.26. The van der Waals surface area contributed by atoms with Crippen LogP contribution in [-0.4, -0.2) is 19.3 Å². The van der Waals surface area contributed by atoms with Crippen molar-refractivity contribution in [1.82, 2.24) is 0 Å². The van der Waals surface area contributed by atoms with Crippen molar-refractivity contribution in [3.8, 4) is 0 Å². The number of hydrogen-bond donors (Lipinski definition) is 0. The average molecular weight is 191 g/mol. The van der Waals surface area contributed by atoms with Crippen LogP contribution in [0.1, 0.15) is 0 Å². The van der Waals surface area contributed by atoms with Crippen molar-refractivity contribution in [1.29, 1.82) is 0 Å². The summed E-state index contributed by atoms with van der Waals surface area (Å²) in [5, 5.41) is 0. The Labute approximate surface area is 62.3 Å². The molecule has 3 nitrogen and oxygen atoms in total. The summed E-state index contributed by atoms with van der Waals surface area (Å²) in [5.41, 5.74) is 0. The first-order valence-electron chi connectivity index (χ1n) is 2.33. The Morgan fingerprint density at radius 2 is 2.33 bits per heavy atom. The van der Waals surface area contributed by atoms with Gasteiger partial charge in [-0.1, -0.05) is 0 Å². The third-order valence-electron chi connectivity index (χ3n) is 0.813. The fourth-order valence-corrected chi connectivity index (χ4v) is 1.01. The van der Waals surface area contributed by atoms with E-state index in [4.69, 9.17) is 27.2 Å². The van der Waals surface area contributed by atoms with E-state index in [1.54, 1.807) is 0 Å². The molecule has 0 aromatic carbocycles. The van der Waals surface area contributed by atoms with Gasteiger partial charge in [-0.15, -0.1) is 0 Å². The molecule has 1 aliphatic heterocycles. The molecule has 54 valence electrons. The van der Waals surface area contributed by atoms with E-state index >= 15 is 0 Å². The van der Waals surface area contributed by atoms with E-state index in [9.17, 15) is 4.57 Å². The zero-order chi connectivity index (χ0) is 6.91. The molecule has 1 aliphatic rings. The Morgan fingerprint density at radius 3 is 2.67 bits per heavy atom. The van der Waals surface area contributed by atoms with E-state index in [0.29, 0.717) is 6.61 Å². The highest BCUT2D eigenvalue weighted by molar-refractivity contribution is 8.05. The van der Waals surface area contributed by atoms with Crippen LogP contribution in [0.5, 0.6) is 0 Å². The van der Waals surface area contributed by atoms with E-state index < -0.39 is 6.07 Å². The molecule has 0 saturated carbocycles. The lowest BCUT2D eigenvalue weighted by Crippen LogP contribution is -1.94. The lowest BCUT2D eigenvalue weighted by molar-refractivity contribution is 0.275. The smallest absolute Gasteiger partial charge is 0.371 e. The molecule has 0 bridgehead atoms. The largest absolute Gasteiger partial charge is 0.380 e. The minimum Gasteiger partial charge on any atom is -0.371 e. The van der Waals surface area contributed by atoms with Crippen molar-refractivity contribution in [3.05, 3.63) is 0 Å². The van der Waals surface area contributed by atoms with Crippen molar-refractivity contribution in [3.63, 3.8) is 0 Å². The fraction of sp³-hybridized carbons (Fsp3) is 1.00. The average Bonchev–Trinajstić information content (AvgIpc) is 2.38. The Kier molecular flexibility index (Phi) is 2.41. The lowest BCUT2D eigenvalue weighted by Gasteiger charge is -1.99. The van der Waals surface area contributed by atoms with Crippen LogP contribution in [0.4, 0.5) is 0 Å². The molecule has 1 rings (SSSR count). The first-order chi connectivity index (χ1) is 4.08. The van der Waals surface area contributed by atoms with Crippen LogP contribution in [0, 0.1) is 0 Å². The van der Waals surface area contributed by atoms with Crippen LogP contribution >= 0.6 is 28.6 Å². The molecular formula is C3H5Cl2O3P. The minimum absolute atomic E-state index is 0.0517. The molecule has 9 heavy (non-hydrogen) atoms. The summed E-state index contributed by atoms with van der Waals surface area (Å²) in [5.74, 6) is 0. The maximum absolute atomic E-state index is 10.4. The highest BCUT2D eigenvalue weighted by Crippen LogP contribution is 2.57. The van der Waals surface area contributed by atoms with Crippen LogP contribution in [-0.2, 0) is 13.8 Å². The number of halogens is 2. The quantitative estimate of drug-likeness (QED) is 0.505. The molecule has 1 fully saturated rings. The predicted molar refractivity (Wildman–Crippen MR) is 35.0 cm³/mol. The highest BCUT2D eigenvalue weighted by atomic mass is 35.9. The summed E-state index contributed by atoms with van der Waals surface area (Å²) in [6, 6.07) is 0. The van der Waals surface area contributed by atoms with Gasteiger partial charge >= 0.3 is 6.07 Å². The standard InChI is InChI=1S/C3H5Cl2O3P/c4-9(5,6)8-2-3-1-7-3/h3H,1-2H2/t3-/m0/s1. The van der Waals surface area contributed by atoms with Crippen LogP contribution < -0.4 is 0 Å². The van der Waals surface area contributed by atoms with Crippen molar-refractivity contribution in [2.24, 2.45) is 0 Å². The van der Waals surface area contributed by atoms with Crippen molar-refractivity contribution in [2.75, 3.05) is 13.2 Å². The topological polar surface area (TPSA) is 38.8 Å². The van der Waals surface area contributed by atoms with E-state index in [1.807, 2.05) is 0 Å². The van der Waals surface area contributed by atoms with E-state index in [2.05, 4.69) is 4.52 Å². The summed E-state index contributed by atoms with van der Waals surface area (Å²) >= 11 is 10.1. The third kappa shape index (κ3) is 4.18. The van der Waals surface area contributed by atoms with Gasteiger partial charge in [0, 0.05) is 0 Å². The first-order valence-corrected chi connectivity index (χ1v) is 5.77. The normalized spacial score (nSPS) is 26.2. The Bertz CT molecular complexity index is 140. The molecule has 0 N–H and O–H groups in total. The van der Waals surface area contributed by atoms with Crippen molar-refractivity contribution >= 4 is 28.6 Å². The van der Waals surface area contributed by atoms with Gasteiger partial charge in [0.15, 0.2) is 0 Å². The monoisotopic (exact) mass is 190 g/mol. The summed E-state index contributed by atoms with van der Waals surface area (Å²) in [6.07, 6.45) is -3.26. The molecule has 6 heteroatoms. The SMILES string of the molecule is O=P(Cl)(Cl)OC[C@@H]1CO1. The third-order valence-corrected chi connectivity index (χ3v) is 1.85. The molecule has 1 saturated heterocycles. The van der Waals surface area contributed by atoms with E-state index in [1.165, 1.54) is 0 Å². The van der Waals surface area contributed by atoms with Gasteiger partial charge in [0.05, 0.1) is 13.2 Å². The molecule has 0 aromatic heterocycles. The molecule has 0 aliphatic carbocycles. The number of rotatable bonds is 3. The predicted octanol–water partition coefficient (Wildman–Crippen LogP) is 1.99. The Morgan fingerprint density at radius 1 is 1.78 bits per heavy atom. The summed E-state index contributed by atoms with van der Waals surface area (Å²) in [6.45, 7) is 0.873. The van der Waals surface area contributed by atoms with Gasteiger partial charge < -0.3 is 9.26 Å². The van der Waals surface area contributed by atoms with Crippen molar-refractivity contribution < 1.29 is 13.8 Å². The Balaban J connectivity index is 2.10. The van der Waals surface area contributed by atoms with Crippen LogP contribution in [0.2, 0.25) is 0 Å². The number of hydrogen-bond acceptors (Lipinski definition) is 3. The van der Waals surface area contributed by atoms with Crippen molar-refractivity contribution in [2.45, 2.75) is 6.10 Å². The minimum atomic E-state index is -3.32. The molecule has 0 aromatic rings. The molecular weight excluding hydrogens is 186 g/mol. The fourth-order valence-electron chi connectivity index (χ4n) is 0.334. The Hall–Kier alpha value is 0.730. The second kappa shape index (κ2) is 2.77. The maximum Gasteiger partial charge on any atom is 0.380 e. The van der Waals surface area contributed by atoms with Gasteiger partial charge in [0.25, 0.3) is 0 Å². The summed E-state index contributed by atoms with van der Waals surface area (Å²) in [4.78, 5) is 0. The zero-order valence-electron chi connectivity index (χ0n) is 4.42. The molecule has 0 unspecified atom stereocenters. The van der Waals surface area contributed by atoms with E-state index in [0.717, 1.165) is 0 Å². The molecule has 0 spiro atoms. The van der Waals surface area contributed by atoms with Crippen LogP contribution in [0.25, 0.3) is 0 Å². The first kappa shape index (κ1) is 7.83. The summed E-state index contributed by atoms with van der Waals surface area (Å²) < 4.78 is 19.7. The van der Waals surface area contributed by atoms with Gasteiger partial charge in [-0.05, 0) is 22.5 Å². The molecule has 1 atom stereocenters. The van der Waals surface area contributed by atoms with Gasteiger partial charge in [0.2, 0.25) is 0 Å². The van der Waals surface area contributed by atoms with E-state index in [-0.39, 0.29) is 12.7 Å². The second-order valence-electron chi connectivity index (χ2n) is 1.67. The second-order valence-corrected chi connectivity index (χ2v) is 5.94. The number of ether oxygens (including phenoxy) is 1. The molecule has 0 amide bonds. The van der Waals surface area contributed by atoms with Gasteiger partial charge in [-0.2, -0.15) is 0 Å². The van der Waals surface area contributed by atoms with Crippen LogP contribution in [0.3, 0.4) is 0 Å². The van der Waals surface area contributed by atoms with Gasteiger partial charge in [0.1, 0.15) is 6.10 Å². The van der Waals surface area contributed by atoms with Gasteiger partial charge in [-0.3, -0.25) is 4.57 Å². The van der Waals surface area contributed by atoms with Crippen LogP contribution in [0.15, 0.2) is 0 Å². The zero-order valence-corrected chi connectivity index (χ0v) is 6.83. The lowest BCUT2D eigenvalue weighted by atomic mass is 10.5. The molecule has 1 heterocycles. The summed E-state index contributed by atoms with van der Waals surface area (Å²) in [7, 11) is 0. The van der Waals surface area contributed by atoms with Gasteiger partial charge in [-0.25, -0.2) is 0 Å². The molecule has 0 radical (unpaired) electrons. The maximum atomic E-state index is 10.4. The number of epoxide rings is 1.